The molecule has 1 unspecified atom stereocenters. The van der Waals surface area contributed by atoms with Crippen LogP contribution in [-0.4, -0.2) is 53.1 Å². The van der Waals surface area contributed by atoms with Gasteiger partial charge in [0.1, 0.15) is 5.17 Å². The summed E-state index contributed by atoms with van der Waals surface area (Å²) in [6.45, 7) is 2.02. The third kappa shape index (κ3) is 7.09. The van der Waals surface area contributed by atoms with E-state index in [4.69, 9.17) is 11.6 Å². The molecular weight excluding hydrogens is 557 g/mol. The smallest absolute Gasteiger partial charge is 0.461 e. The van der Waals surface area contributed by atoms with Gasteiger partial charge >= 0.3 is 36.3 Å². The Bertz CT molecular complexity index is 985. The number of halogens is 10. The standard InChI is InChI=1S/C19H19ClF9N3O5/c1-3-6-12(20)32-37-16(18(24,25)26,19(27,28)29)31-14(34)30-11-8-5-7-10(9-11)15(35,17(21,22)23)13(33)36-4-2/h5,7-9,35H,3-4,6H2,1-2H3,(H2,30,31,34)/b32-12+. The van der Waals surface area contributed by atoms with Crippen molar-refractivity contribution in [3.8, 4) is 0 Å². The Balaban J connectivity index is 3.42. The summed E-state index contributed by atoms with van der Waals surface area (Å²) in [5.74, 6) is -2.17. The van der Waals surface area contributed by atoms with Crippen molar-refractivity contribution in [2.75, 3.05) is 11.9 Å². The molecule has 0 fully saturated rings. The van der Waals surface area contributed by atoms with Gasteiger partial charge in [-0.15, -0.1) is 0 Å². The van der Waals surface area contributed by atoms with Crippen LogP contribution in [0.25, 0.3) is 0 Å². The van der Waals surface area contributed by atoms with E-state index in [1.807, 2.05) is 0 Å². The zero-order valence-electron chi connectivity index (χ0n) is 18.7. The maximum atomic E-state index is 13.5. The maximum Gasteiger partial charge on any atom is 0.461 e. The molecule has 0 aliphatic heterocycles. The molecule has 0 aliphatic carbocycles. The Hall–Kier alpha value is -2.95. The zero-order valence-corrected chi connectivity index (χ0v) is 19.5. The number of urea groups is 1. The van der Waals surface area contributed by atoms with Crippen LogP contribution in [0.4, 0.5) is 50.0 Å². The van der Waals surface area contributed by atoms with E-state index in [2.05, 4.69) is 14.7 Å². The van der Waals surface area contributed by atoms with E-state index in [-0.39, 0.29) is 18.9 Å². The van der Waals surface area contributed by atoms with Crippen molar-refractivity contribution in [1.82, 2.24) is 5.32 Å². The summed E-state index contributed by atoms with van der Waals surface area (Å²) in [6.07, 6.45) is -18.5. The highest BCUT2D eigenvalue weighted by molar-refractivity contribution is 6.65. The number of oxime groups is 1. The van der Waals surface area contributed by atoms with Gasteiger partial charge in [0.15, 0.2) is 0 Å². The molecule has 0 heterocycles. The predicted molar refractivity (Wildman–Crippen MR) is 109 cm³/mol. The number of ether oxygens (including phenoxy) is 1. The number of nitrogens with zero attached hydrogens (tertiary/aromatic N) is 1. The molecule has 0 saturated heterocycles. The van der Waals surface area contributed by atoms with Gasteiger partial charge in [0, 0.05) is 17.7 Å². The molecule has 1 atom stereocenters. The number of anilines is 1. The second-order valence-corrected chi connectivity index (χ2v) is 7.51. The van der Waals surface area contributed by atoms with Gasteiger partial charge < -0.3 is 20.0 Å². The molecule has 8 nitrogen and oxygen atoms in total. The topological polar surface area (TPSA) is 109 Å². The molecule has 0 aromatic heterocycles. The number of aliphatic hydroxyl groups is 1. The fourth-order valence-electron chi connectivity index (χ4n) is 2.58. The van der Waals surface area contributed by atoms with Crippen LogP contribution in [0.1, 0.15) is 32.3 Å². The average molecular weight is 576 g/mol. The molecule has 37 heavy (non-hydrogen) atoms. The van der Waals surface area contributed by atoms with Crippen LogP contribution in [-0.2, 0) is 20.0 Å². The molecule has 0 aliphatic rings. The molecule has 2 amide bonds. The summed E-state index contributed by atoms with van der Waals surface area (Å²) >= 11 is 5.41. The Morgan fingerprint density at radius 1 is 1.00 bits per heavy atom. The number of carbonyl (C=O) groups is 2. The maximum absolute atomic E-state index is 13.5. The monoisotopic (exact) mass is 575 g/mol. The minimum absolute atomic E-state index is 0.164. The number of rotatable bonds is 9. The van der Waals surface area contributed by atoms with Crippen LogP contribution >= 0.6 is 11.6 Å². The lowest BCUT2D eigenvalue weighted by Crippen LogP contribution is -2.69. The molecule has 0 saturated carbocycles. The van der Waals surface area contributed by atoms with Crippen molar-refractivity contribution in [3.63, 3.8) is 0 Å². The SMILES string of the molecule is CCC/C(Cl)=N\OC(NC(=O)Nc1cccc(C(O)(C(=O)OCC)C(F)(F)F)c1)(C(F)(F)F)C(F)(F)F. The minimum Gasteiger partial charge on any atom is -0.463 e. The summed E-state index contributed by atoms with van der Waals surface area (Å²) in [5.41, 5.74) is -11.8. The quantitative estimate of drug-likeness (QED) is 0.122. The van der Waals surface area contributed by atoms with E-state index in [0.29, 0.717) is 17.4 Å². The van der Waals surface area contributed by atoms with Crippen molar-refractivity contribution in [2.24, 2.45) is 5.16 Å². The fourth-order valence-corrected chi connectivity index (χ4v) is 2.80. The van der Waals surface area contributed by atoms with Crippen molar-refractivity contribution in [3.05, 3.63) is 29.8 Å². The van der Waals surface area contributed by atoms with E-state index in [1.54, 1.807) is 0 Å². The second kappa shape index (κ2) is 11.6. The van der Waals surface area contributed by atoms with Crippen molar-refractivity contribution in [1.29, 1.82) is 0 Å². The molecular formula is C19H19ClF9N3O5. The number of hydrogen-bond donors (Lipinski definition) is 3. The van der Waals surface area contributed by atoms with Crippen LogP contribution < -0.4 is 10.6 Å². The molecule has 0 bridgehead atoms. The normalized spacial score (nSPS) is 15.0. The number of hydrogen-bond acceptors (Lipinski definition) is 6. The molecule has 1 rings (SSSR count). The lowest BCUT2D eigenvalue weighted by Gasteiger charge is -2.34. The first-order valence-corrected chi connectivity index (χ1v) is 10.3. The number of esters is 1. The van der Waals surface area contributed by atoms with Gasteiger partial charge in [0.25, 0.3) is 5.60 Å². The Morgan fingerprint density at radius 2 is 1.57 bits per heavy atom. The van der Waals surface area contributed by atoms with Crippen LogP contribution in [0.2, 0.25) is 0 Å². The third-order valence-corrected chi connectivity index (χ3v) is 4.60. The zero-order chi connectivity index (χ0) is 28.9. The largest absolute Gasteiger partial charge is 0.463 e. The first-order chi connectivity index (χ1) is 16.8. The Kier molecular flexibility index (Phi) is 10.1. The lowest BCUT2D eigenvalue weighted by molar-refractivity contribution is -0.388. The van der Waals surface area contributed by atoms with E-state index >= 15 is 0 Å². The van der Waals surface area contributed by atoms with Gasteiger partial charge in [-0.05, 0) is 25.5 Å². The van der Waals surface area contributed by atoms with Crippen molar-refractivity contribution >= 4 is 34.5 Å². The van der Waals surface area contributed by atoms with E-state index < -0.39 is 64.9 Å². The van der Waals surface area contributed by atoms with Crippen LogP contribution in [0.15, 0.2) is 29.4 Å². The minimum atomic E-state index is -6.36. The van der Waals surface area contributed by atoms with Gasteiger partial charge in [-0.1, -0.05) is 35.8 Å². The van der Waals surface area contributed by atoms with Gasteiger partial charge in [0.05, 0.1) is 6.61 Å². The molecule has 0 radical (unpaired) electrons. The molecule has 1 aromatic rings. The highest BCUT2D eigenvalue weighted by Crippen LogP contribution is 2.45. The van der Waals surface area contributed by atoms with Crippen LogP contribution in [0, 0.1) is 0 Å². The van der Waals surface area contributed by atoms with Crippen molar-refractivity contribution in [2.45, 2.75) is 56.5 Å². The molecule has 18 heteroatoms. The first kappa shape index (κ1) is 32.1. The average Bonchev–Trinajstić information content (AvgIpc) is 2.74. The third-order valence-electron chi connectivity index (χ3n) is 4.35. The summed E-state index contributed by atoms with van der Waals surface area (Å²) in [7, 11) is 0. The van der Waals surface area contributed by atoms with Gasteiger partial charge in [-0.25, -0.2) is 9.59 Å². The van der Waals surface area contributed by atoms with Crippen LogP contribution in [0.3, 0.4) is 0 Å². The van der Waals surface area contributed by atoms with E-state index in [0.717, 1.165) is 13.0 Å². The molecule has 0 spiro atoms. The lowest BCUT2D eigenvalue weighted by atomic mass is 9.92. The molecule has 3 N–H and O–H groups in total. The number of alkyl halides is 9. The highest BCUT2D eigenvalue weighted by atomic mass is 35.5. The molecule has 1 aromatic carbocycles. The van der Waals surface area contributed by atoms with Gasteiger partial charge in [-0.2, -0.15) is 39.5 Å². The van der Waals surface area contributed by atoms with Crippen molar-refractivity contribution < 1.29 is 63.8 Å². The number of benzene rings is 1. The number of carbonyl (C=O) groups excluding carboxylic acids is 2. The Morgan fingerprint density at radius 3 is 2.03 bits per heavy atom. The number of amides is 2. The predicted octanol–water partition coefficient (Wildman–Crippen LogP) is 5.31. The summed E-state index contributed by atoms with van der Waals surface area (Å²) in [4.78, 5) is 27.6. The Labute approximate surface area is 207 Å². The summed E-state index contributed by atoms with van der Waals surface area (Å²) in [6, 6.07) is 0.0268. The van der Waals surface area contributed by atoms with Crippen LogP contribution in [0.5, 0.6) is 0 Å². The van der Waals surface area contributed by atoms with E-state index in [1.165, 1.54) is 12.2 Å². The molecule has 210 valence electrons. The second-order valence-electron chi connectivity index (χ2n) is 7.07. The fraction of sp³-hybridized carbons (Fsp3) is 0.526. The first-order valence-electron chi connectivity index (χ1n) is 9.96. The van der Waals surface area contributed by atoms with E-state index in [9.17, 15) is 54.2 Å². The van der Waals surface area contributed by atoms with Gasteiger partial charge in [-0.3, -0.25) is 5.32 Å². The highest BCUT2D eigenvalue weighted by Gasteiger charge is 2.76. The summed E-state index contributed by atoms with van der Waals surface area (Å²) in [5, 5.41) is 13.8. The summed E-state index contributed by atoms with van der Waals surface area (Å²) < 4.78 is 126. The number of nitrogens with one attached hydrogen (secondary N) is 2. The van der Waals surface area contributed by atoms with Gasteiger partial charge in [0.2, 0.25) is 0 Å².